The van der Waals surface area contributed by atoms with E-state index < -0.39 is 11.9 Å². The van der Waals surface area contributed by atoms with Crippen LogP contribution in [-0.2, 0) is 16.0 Å². The normalized spacial score (nSPS) is 18.9. The average Bonchev–Trinajstić information content (AvgIpc) is 2.81. The maximum Gasteiger partial charge on any atom is 0.308 e. The fraction of sp³-hybridized carbons (Fsp3) is 0.385. The second kappa shape index (κ2) is 5.52. The van der Waals surface area contributed by atoms with Crippen LogP contribution in [0.5, 0.6) is 0 Å². The molecule has 1 aromatic rings. The van der Waals surface area contributed by atoms with Crippen molar-refractivity contribution in [1.29, 1.82) is 0 Å². The average molecular weight is 312 g/mol. The number of carboxylic acids is 1. The highest BCUT2D eigenvalue weighted by molar-refractivity contribution is 9.10. The van der Waals surface area contributed by atoms with E-state index in [1.165, 1.54) is 0 Å². The van der Waals surface area contributed by atoms with Gasteiger partial charge in [-0.05, 0) is 24.1 Å². The molecule has 1 unspecified atom stereocenters. The highest BCUT2D eigenvalue weighted by Gasteiger charge is 2.30. The molecular formula is C13H14BrNO3. The summed E-state index contributed by atoms with van der Waals surface area (Å²) in [6, 6.07) is 7.58. The van der Waals surface area contributed by atoms with Crippen molar-refractivity contribution in [2.75, 3.05) is 13.1 Å². The number of benzene rings is 1. The van der Waals surface area contributed by atoms with Crippen LogP contribution in [0.2, 0.25) is 0 Å². The molecule has 1 atom stereocenters. The molecule has 2 rings (SSSR count). The van der Waals surface area contributed by atoms with Gasteiger partial charge in [0.2, 0.25) is 5.91 Å². The lowest BCUT2D eigenvalue weighted by molar-refractivity contribution is -0.141. The minimum Gasteiger partial charge on any atom is -0.481 e. The highest BCUT2D eigenvalue weighted by atomic mass is 79.9. The van der Waals surface area contributed by atoms with Crippen molar-refractivity contribution in [3.8, 4) is 0 Å². The zero-order chi connectivity index (χ0) is 13.1. The number of hydrogen-bond acceptors (Lipinski definition) is 2. The molecule has 1 amide bonds. The van der Waals surface area contributed by atoms with E-state index >= 15 is 0 Å². The molecule has 0 aromatic heterocycles. The van der Waals surface area contributed by atoms with Crippen LogP contribution in [0.15, 0.2) is 28.7 Å². The number of halogens is 1. The molecule has 0 spiro atoms. The van der Waals surface area contributed by atoms with Crippen molar-refractivity contribution < 1.29 is 14.7 Å². The quantitative estimate of drug-likeness (QED) is 0.928. The van der Waals surface area contributed by atoms with E-state index in [1.54, 1.807) is 4.90 Å². The van der Waals surface area contributed by atoms with Crippen molar-refractivity contribution in [2.24, 2.45) is 5.92 Å². The third-order valence-corrected chi connectivity index (χ3v) is 3.69. The minimum atomic E-state index is -0.811. The molecule has 18 heavy (non-hydrogen) atoms. The van der Waals surface area contributed by atoms with Gasteiger partial charge in [-0.25, -0.2) is 0 Å². The number of carbonyl (C=O) groups is 2. The Labute approximate surface area is 114 Å². The SMILES string of the molecule is O=C(O)C1CCN(C(=O)Cc2ccc(Br)cc2)C1. The van der Waals surface area contributed by atoms with Crippen LogP contribution in [-0.4, -0.2) is 35.0 Å². The van der Waals surface area contributed by atoms with Crippen molar-refractivity contribution in [3.63, 3.8) is 0 Å². The van der Waals surface area contributed by atoms with E-state index in [1.807, 2.05) is 24.3 Å². The molecule has 5 heteroatoms. The van der Waals surface area contributed by atoms with Gasteiger partial charge in [0.25, 0.3) is 0 Å². The first-order valence-electron chi connectivity index (χ1n) is 5.81. The van der Waals surface area contributed by atoms with Crippen LogP contribution in [0.25, 0.3) is 0 Å². The summed E-state index contributed by atoms with van der Waals surface area (Å²) in [5, 5.41) is 8.89. The number of carboxylic acid groups (broad SMARTS) is 1. The van der Waals surface area contributed by atoms with Crippen molar-refractivity contribution in [1.82, 2.24) is 4.90 Å². The Morgan fingerprint density at radius 3 is 2.56 bits per heavy atom. The van der Waals surface area contributed by atoms with Gasteiger partial charge < -0.3 is 10.0 Å². The number of nitrogens with zero attached hydrogens (tertiary/aromatic N) is 1. The summed E-state index contributed by atoms with van der Waals surface area (Å²) in [7, 11) is 0. The largest absolute Gasteiger partial charge is 0.481 e. The number of rotatable bonds is 3. The zero-order valence-corrected chi connectivity index (χ0v) is 11.4. The number of aliphatic carboxylic acids is 1. The molecule has 1 aliphatic heterocycles. The summed E-state index contributed by atoms with van der Waals surface area (Å²) in [6.45, 7) is 0.886. The Hall–Kier alpha value is -1.36. The van der Waals surface area contributed by atoms with Crippen LogP contribution in [0.4, 0.5) is 0 Å². The Kier molecular flexibility index (Phi) is 4.01. The molecule has 0 saturated carbocycles. The Morgan fingerprint density at radius 1 is 1.33 bits per heavy atom. The van der Waals surface area contributed by atoms with Crippen molar-refractivity contribution in [2.45, 2.75) is 12.8 Å². The van der Waals surface area contributed by atoms with Gasteiger partial charge in [-0.3, -0.25) is 9.59 Å². The second-order valence-electron chi connectivity index (χ2n) is 4.47. The van der Waals surface area contributed by atoms with E-state index in [0.717, 1.165) is 10.0 Å². The van der Waals surface area contributed by atoms with Gasteiger partial charge >= 0.3 is 5.97 Å². The summed E-state index contributed by atoms with van der Waals surface area (Å²) in [5.74, 6) is -1.21. The highest BCUT2D eigenvalue weighted by Crippen LogP contribution is 2.18. The van der Waals surface area contributed by atoms with Gasteiger partial charge in [0, 0.05) is 17.6 Å². The lowest BCUT2D eigenvalue weighted by Crippen LogP contribution is -2.31. The fourth-order valence-corrected chi connectivity index (χ4v) is 2.34. The van der Waals surface area contributed by atoms with E-state index in [9.17, 15) is 9.59 Å². The van der Waals surface area contributed by atoms with Gasteiger partial charge in [-0.2, -0.15) is 0 Å². The Morgan fingerprint density at radius 2 is 2.00 bits per heavy atom. The zero-order valence-electron chi connectivity index (χ0n) is 9.80. The molecule has 1 aliphatic rings. The third kappa shape index (κ3) is 3.10. The first-order chi connectivity index (χ1) is 8.56. The number of amides is 1. The standard InChI is InChI=1S/C13H14BrNO3/c14-11-3-1-9(2-4-11)7-12(16)15-6-5-10(8-15)13(17)18/h1-4,10H,5-8H2,(H,17,18). The number of hydrogen-bond donors (Lipinski definition) is 1. The molecule has 1 fully saturated rings. The van der Waals surface area contributed by atoms with Crippen LogP contribution in [0.3, 0.4) is 0 Å². The first kappa shape index (κ1) is 13.1. The van der Waals surface area contributed by atoms with Gasteiger partial charge in [-0.1, -0.05) is 28.1 Å². The molecule has 96 valence electrons. The van der Waals surface area contributed by atoms with E-state index in [-0.39, 0.29) is 5.91 Å². The first-order valence-corrected chi connectivity index (χ1v) is 6.60. The monoisotopic (exact) mass is 311 g/mol. The molecule has 1 saturated heterocycles. The lowest BCUT2D eigenvalue weighted by Gasteiger charge is -2.15. The van der Waals surface area contributed by atoms with Gasteiger partial charge in [-0.15, -0.1) is 0 Å². The predicted octanol–water partition coefficient (Wildman–Crippen LogP) is 1.92. The van der Waals surface area contributed by atoms with Gasteiger partial charge in [0.05, 0.1) is 12.3 Å². The van der Waals surface area contributed by atoms with Crippen LogP contribution in [0, 0.1) is 5.92 Å². The van der Waals surface area contributed by atoms with E-state index in [2.05, 4.69) is 15.9 Å². The molecule has 1 heterocycles. The minimum absolute atomic E-state index is 0.000993. The second-order valence-corrected chi connectivity index (χ2v) is 5.38. The van der Waals surface area contributed by atoms with Crippen LogP contribution in [0.1, 0.15) is 12.0 Å². The molecule has 0 aliphatic carbocycles. The van der Waals surface area contributed by atoms with Gasteiger partial charge in [0.1, 0.15) is 0 Å². The maximum atomic E-state index is 12.0. The maximum absolute atomic E-state index is 12.0. The molecular weight excluding hydrogens is 298 g/mol. The summed E-state index contributed by atoms with van der Waals surface area (Å²) in [6.07, 6.45) is 0.890. The van der Waals surface area contributed by atoms with Crippen molar-refractivity contribution in [3.05, 3.63) is 34.3 Å². The molecule has 1 N–H and O–H groups in total. The number of likely N-dealkylation sites (tertiary alicyclic amines) is 1. The van der Waals surface area contributed by atoms with Gasteiger partial charge in [0.15, 0.2) is 0 Å². The third-order valence-electron chi connectivity index (χ3n) is 3.16. The van der Waals surface area contributed by atoms with Crippen LogP contribution < -0.4 is 0 Å². The van der Waals surface area contributed by atoms with E-state index in [4.69, 9.17) is 5.11 Å². The topological polar surface area (TPSA) is 57.6 Å². The molecule has 0 bridgehead atoms. The number of carbonyl (C=O) groups excluding carboxylic acids is 1. The molecule has 4 nitrogen and oxygen atoms in total. The predicted molar refractivity (Wildman–Crippen MR) is 70.2 cm³/mol. The smallest absolute Gasteiger partial charge is 0.308 e. The molecule has 0 radical (unpaired) electrons. The lowest BCUT2D eigenvalue weighted by atomic mass is 10.1. The van der Waals surface area contributed by atoms with Crippen molar-refractivity contribution >= 4 is 27.8 Å². The summed E-state index contributed by atoms with van der Waals surface area (Å²) in [5.41, 5.74) is 0.946. The van der Waals surface area contributed by atoms with E-state index in [0.29, 0.717) is 25.9 Å². The Bertz CT molecular complexity index is 458. The fourth-order valence-electron chi connectivity index (χ4n) is 2.08. The summed E-state index contributed by atoms with van der Waals surface area (Å²) < 4.78 is 0.978. The summed E-state index contributed by atoms with van der Waals surface area (Å²) in [4.78, 5) is 24.5. The Balaban J connectivity index is 1.93. The van der Waals surface area contributed by atoms with Crippen LogP contribution >= 0.6 is 15.9 Å². The summed E-state index contributed by atoms with van der Waals surface area (Å²) >= 11 is 3.34. The molecule has 1 aromatic carbocycles.